The summed E-state index contributed by atoms with van der Waals surface area (Å²) in [7, 11) is 0. The number of hydrogen-bond acceptors (Lipinski definition) is 6. The number of aryl methyl sites for hydroxylation is 1. The van der Waals surface area contributed by atoms with Gasteiger partial charge in [0.1, 0.15) is 17.7 Å². The number of piperidine rings is 1. The Morgan fingerprint density at radius 2 is 2.14 bits per heavy atom. The average molecular weight is 433 g/mol. The van der Waals surface area contributed by atoms with Crippen LogP contribution in [0, 0.1) is 0 Å². The van der Waals surface area contributed by atoms with Gasteiger partial charge in [0.25, 0.3) is 0 Å². The summed E-state index contributed by atoms with van der Waals surface area (Å²) in [4.78, 5) is 12.8. The van der Waals surface area contributed by atoms with Crippen molar-refractivity contribution in [2.75, 3.05) is 30.8 Å². The molecule has 4 rings (SSSR count). The van der Waals surface area contributed by atoms with Crippen LogP contribution in [0.2, 0.25) is 5.02 Å². The van der Waals surface area contributed by atoms with E-state index in [-0.39, 0.29) is 0 Å². The van der Waals surface area contributed by atoms with Gasteiger partial charge in [-0.3, -0.25) is 0 Å². The zero-order valence-electron chi connectivity index (χ0n) is 16.0. The minimum atomic E-state index is 0.595. The molecular weight excluding hydrogens is 408 g/mol. The van der Waals surface area contributed by atoms with E-state index < -0.39 is 0 Å². The fourth-order valence-electron chi connectivity index (χ4n) is 3.77. The van der Waals surface area contributed by atoms with E-state index in [2.05, 4.69) is 44.0 Å². The van der Waals surface area contributed by atoms with E-state index in [0.717, 1.165) is 61.7 Å². The Labute approximate surface area is 179 Å². The number of halogens is 1. The summed E-state index contributed by atoms with van der Waals surface area (Å²) in [5.74, 6) is 1.11. The minimum Gasteiger partial charge on any atom is -0.355 e. The van der Waals surface area contributed by atoms with Gasteiger partial charge in [-0.05, 0) is 56.2 Å². The summed E-state index contributed by atoms with van der Waals surface area (Å²) in [6, 6.07) is 8.77. The monoisotopic (exact) mass is 432 g/mol. The summed E-state index contributed by atoms with van der Waals surface area (Å²) in [5, 5.41) is 6.76. The van der Waals surface area contributed by atoms with Crippen molar-refractivity contribution >= 4 is 50.7 Å². The first-order valence-corrected chi connectivity index (χ1v) is 12.2. The van der Waals surface area contributed by atoms with Crippen LogP contribution in [0.3, 0.4) is 0 Å². The van der Waals surface area contributed by atoms with Crippen molar-refractivity contribution in [2.45, 2.75) is 36.6 Å². The number of hydrogen-bond donors (Lipinski definition) is 1. The van der Waals surface area contributed by atoms with Gasteiger partial charge >= 0.3 is 0 Å². The van der Waals surface area contributed by atoms with E-state index >= 15 is 0 Å². The van der Waals surface area contributed by atoms with Crippen LogP contribution in [0.5, 0.6) is 0 Å². The smallest absolute Gasteiger partial charge is 0.150 e. The van der Waals surface area contributed by atoms with Crippen molar-refractivity contribution < 1.29 is 0 Å². The maximum Gasteiger partial charge on any atom is 0.150 e. The molecule has 0 spiro atoms. The zero-order valence-corrected chi connectivity index (χ0v) is 18.4. The van der Waals surface area contributed by atoms with Crippen molar-refractivity contribution in [1.29, 1.82) is 0 Å². The van der Waals surface area contributed by atoms with Gasteiger partial charge in [-0.25, -0.2) is 9.97 Å². The molecule has 1 aromatic carbocycles. The van der Waals surface area contributed by atoms with Gasteiger partial charge in [-0.1, -0.05) is 23.7 Å². The maximum atomic E-state index is 6.06. The third kappa shape index (κ3) is 4.62. The highest BCUT2D eigenvalue weighted by Crippen LogP contribution is 2.36. The molecule has 2 aromatic heterocycles. The number of benzene rings is 1. The van der Waals surface area contributed by atoms with Gasteiger partial charge in [0, 0.05) is 34.4 Å². The molecule has 0 amide bonds. The first-order chi connectivity index (χ1) is 13.7. The molecule has 0 aliphatic carbocycles. The molecule has 3 heterocycles. The third-order valence-corrected chi connectivity index (χ3v) is 7.38. The summed E-state index contributed by atoms with van der Waals surface area (Å²) in [5.41, 5.74) is 2.42. The van der Waals surface area contributed by atoms with E-state index in [1.807, 2.05) is 12.1 Å². The quantitative estimate of drug-likeness (QED) is 0.407. The predicted molar refractivity (Wildman–Crippen MR) is 122 cm³/mol. The highest BCUT2D eigenvalue weighted by molar-refractivity contribution is 7.99. The molecule has 1 aliphatic rings. The lowest BCUT2D eigenvalue weighted by Gasteiger charge is -2.33. The average Bonchev–Trinajstić information content (AvgIpc) is 3.15. The number of thiophene rings is 1. The van der Waals surface area contributed by atoms with Crippen molar-refractivity contribution in [3.05, 3.63) is 46.6 Å². The molecule has 28 heavy (non-hydrogen) atoms. The van der Waals surface area contributed by atoms with Crippen LogP contribution in [0.4, 0.5) is 5.82 Å². The third-order valence-electron chi connectivity index (χ3n) is 5.28. The number of nitrogens with one attached hydrogen (secondary N) is 1. The molecule has 1 N–H and O–H groups in total. The van der Waals surface area contributed by atoms with E-state index in [9.17, 15) is 0 Å². The van der Waals surface area contributed by atoms with E-state index in [4.69, 9.17) is 11.6 Å². The summed E-state index contributed by atoms with van der Waals surface area (Å²) in [6.07, 6.45) is 8.34. The number of aromatic nitrogens is 2. The predicted octanol–water partition coefficient (Wildman–Crippen LogP) is 5.26. The molecule has 3 aromatic rings. The van der Waals surface area contributed by atoms with E-state index in [1.165, 1.54) is 15.2 Å². The van der Waals surface area contributed by atoms with Gasteiger partial charge in [-0.2, -0.15) is 0 Å². The lowest BCUT2D eigenvalue weighted by Crippen LogP contribution is -2.43. The van der Waals surface area contributed by atoms with Gasteiger partial charge in [-0.15, -0.1) is 23.1 Å². The second-order valence-electron chi connectivity index (χ2n) is 7.13. The van der Waals surface area contributed by atoms with Gasteiger partial charge in [0.05, 0.1) is 4.70 Å². The van der Waals surface area contributed by atoms with Crippen LogP contribution < -0.4 is 10.2 Å². The van der Waals surface area contributed by atoms with Gasteiger partial charge < -0.3 is 10.2 Å². The number of nitrogens with zero attached hydrogens (tertiary/aromatic N) is 3. The molecular formula is C21H25ClN4S2. The van der Waals surface area contributed by atoms with Crippen molar-refractivity contribution in [3.63, 3.8) is 0 Å². The Bertz CT molecular complexity index is 922. The molecule has 1 fully saturated rings. The summed E-state index contributed by atoms with van der Waals surface area (Å²) >= 11 is 9.58. The first-order valence-electron chi connectivity index (χ1n) is 9.73. The van der Waals surface area contributed by atoms with E-state index in [1.54, 1.807) is 29.4 Å². The Hall–Kier alpha value is -1.34. The zero-order chi connectivity index (χ0) is 19.3. The Kier molecular flexibility index (Phi) is 6.73. The summed E-state index contributed by atoms with van der Waals surface area (Å²) in [6.45, 7) is 3.14. The van der Waals surface area contributed by atoms with Crippen LogP contribution in [-0.2, 0) is 6.42 Å². The molecule has 148 valence electrons. The Balaban J connectivity index is 1.26. The fraction of sp³-hybridized carbons (Fsp3) is 0.429. The minimum absolute atomic E-state index is 0.595. The van der Waals surface area contributed by atoms with Gasteiger partial charge in [0.2, 0.25) is 0 Å². The fourth-order valence-corrected chi connectivity index (χ4v) is 5.83. The molecule has 4 nitrogen and oxygen atoms in total. The molecule has 1 aliphatic heterocycles. The molecule has 0 saturated carbocycles. The molecule has 0 bridgehead atoms. The van der Waals surface area contributed by atoms with Crippen LogP contribution in [0.15, 0.2) is 40.9 Å². The first kappa shape index (κ1) is 20.0. The summed E-state index contributed by atoms with van der Waals surface area (Å²) < 4.78 is 1.22. The van der Waals surface area contributed by atoms with Crippen LogP contribution in [0.1, 0.15) is 24.8 Å². The lowest BCUT2D eigenvalue weighted by atomic mass is 10.0. The molecule has 0 unspecified atom stereocenters. The maximum absolute atomic E-state index is 6.06. The second-order valence-corrected chi connectivity index (χ2v) is 9.29. The second kappa shape index (κ2) is 9.44. The number of fused-ring (bicyclic) bond motifs is 1. The standard InChI is InChI=1S/C21H25ClN4S2/c1-27-18-13-28-20-19(18)24-14-25-21(20)26-10-7-17(8-11-26)23-9-3-5-15-4-2-6-16(22)12-15/h2,4,6,12-14,17,23H,3,5,7-11H2,1H3. The van der Waals surface area contributed by atoms with Crippen LogP contribution in [0.25, 0.3) is 10.2 Å². The normalized spacial score (nSPS) is 15.4. The van der Waals surface area contributed by atoms with Crippen LogP contribution >= 0.6 is 34.7 Å². The van der Waals surface area contributed by atoms with Crippen molar-refractivity contribution in [1.82, 2.24) is 15.3 Å². The number of rotatable bonds is 7. The Morgan fingerprint density at radius 3 is 2.93 bits per heavy atom. The number of thioether (sulfide) groups is 1. The lowest BCUT2D eigenvalue weighted by molar-refractivity contribution is 0.412. The highest BCUT2D eigenvalue weighted by atomic mass is 35.5. The molecule has 0 radical (unpaired) electrons. The topological polar surface area (TPSA) is 41.0 Å². The number of anilines is 1. The van der Waals surface area contributed by atoms with Crippen molar-refractivity contribution in [3.8, 4) is 0 Å². The van der Waals surface area contributed by atoms with E-state index in [0.29, 0.717) is 6.04 Å². The highest BCUT2D eigenvalue weighted by Gasteiger charge is 2.22. The van der Waals surface area contributed by atoms with Crippen LogP contribution in [-0.4, -0.2) is 41.9 Å². The Morgan fingerprint density at radius 1 is 1.29 bits per heavy atom. The molecule has 1 saturated heterocycles. The van der Waals surface area contributed by atoms with Crippen molar-refractivity contribution in [2.24, 2.45) is 0 Å². The molecule has 7 heteroatoms. The largest absolute Gasteiger partial charge is 0.355 e. The van der Waals surface area contributed by atoms with Gasteiger partial charge in [0.15, 0.2) is 0 Å². The SMILES string of the molecule is CSc1csc2c(N3CCC(NCCCc4cccc(Cl)c4)CC3)ncnc12. The molecule has 0 atom stereocenters.